The van der Waals surface area contributed by atoms with Crippen molar-refractivity contribution in [2.45, 2.75) is 18.9 Å². The number of rotatable bonds is 4. The summed E-state index contributed by atoms with van der Waals surface area (Å²) in [6.45, 7) is -0.354. The van der Waals surface area contributed by atoms with Crippen LogP contribution in [0.5, 0.6) is 5.88 Å². The molecule has 25 heavy (non-hydrogen) atoms. The lowest BCUT2D eigenvalue weighted by atomic mass is 10.1. The van der Waals surface area contributed by atoms with Crippen LogP contribution in [0.1, 0.15) is 18.9 Å². The van der Waals surface area contributed by atoms with Crippen LogP contribution in [0.25, 0.3) is 21.2 Å². The monoisotopic (exact) mass is 342 g/mol. The number of anilines is 1. The number of amides is 3. The van der Waals surface area contributed by atoms with E-state index < -0.39 is 17.9 Å². The molecule has 0 spiro atoms. The van der Waals surface area contributed by atoms with Crippen molar-refractivity contribution in [1.82, 2.24) is 9.88 Å². The minimum atomic E-state index is -0.711. The van der Waals surface area contributed by atoms with E-state index in [1.165, 1.54) is 4.57 Å². The Labute approximate surface area is 141 Å². The zero-order valence-electron chi connectivity index (χ0n) is 13.0. The van der Waals surface area contributed by atoms with Crippen LogP contribution in [0.2, 0.25) is 0 Å². The summed E-state index contributed by atoms with van der Waals surface area (Å²) in [6, 6.07) is 4.21. The Morgan fingerprint density at radius 2 is 2.24 bits per heavy atom. The van der Waals surface area contributed by atoms with Crippen molar-refractivity contribution in [2.75, 3.05) is 11.9 Å². The molecular formula is C15H14N6O4. The van der Waals surface area contributed by atoms with E-state index in [-0.39, 0.29) is 31.2 Å². The van der Waals surface area contributed by atoms with Crippen LogP contribution >= 0.6 is 0 Å². The van der Waals surface area contributed by atoms with Gasteiger partial charge in [0.2, 0.25) is 17.7 Å². The quantitative estimate of drug-likeness (QED) is 0.334. The fraction of sp³-hybridized carbons (Fsp3) is 0.267. The number of nitrogens with one attached hydrogen (secondary N) is 2. The van der Waals surface area contributed by atoms with Gasteiger partial charge in [-0.25, -0.2) is 0 Å². The number of carbonyl (C=O) groups excluding carboxylic acids is 3. The first kappa shape index (κ1) is 16.3. The molecule has 0 aliphatic carbocycles. The normalized spacial score (nSPS) is 17.0. The number of hydrogen-bond donors (Lipinski definition) is 3. The van der Waals surface area contributed by atoms with Crippen LogP contribution in [0.3, 0.4) is 0 Å². The summed E-state index contributed by atoms with van der Waals surface area (Å²) in [6.07, 6.45) is 2.01. The van der Waals surface area contributed by atoms with Gasteiger partial charge in [0.05, 0.1) is 5.69 Å². The molecule has 0 saturated carbocycles. The molecule has 1 fully saturated rings. The third-order valence-corrected chi connectivity index (χ3v) is 3.96. The Morgan fingerprint density at radius 3 is 2.96 bits per heavy atom. The van der Waals surface area contributed by atoms with Gasteiger partial charge in [-0.1, -0.05) is 11.2 Å². The molecule has 2 aromatic rings. The summed E-state index contributed by atoms with van der Waals surface area (Å²) in [5.41, 5.74) is 8.67. The van der Waals surface area contributed by atoms with Crippen molar-refractivity contribution in [2.24, 2.45) is 5.11 Å². The first-order chi connectivity index (χ1) is 12.0. The second-order valence-corrected chi connectivity index (χ2v) is 5.53. The molecule has 0 radical (unpaired) electrons. The highest BCUT2D eigenvalue weighted by atomic mass is 16.3. The van der Waals surface area contributed by atoms with Crippen LogP contribution in [-0.4, -0.2) is 33.9 Å². The second-order valence-electron chi connectivity index (χ2n) is 5.53. The number of benzene rings is 1. The minimum absolute atomic E-state index is 0.129. The number of azide groups is 1. The second kappa shape index (κ2) is 6.54. The zero-order chi connectivity index (χ0) is 18.0. The van der Waals surface area contributed by atoms with Crippen LogP contribution < -0.4 is 10.6 Å². The standard InChI is InChI=1S/C15H14N6O4/c16-20-17-6-13(23)18-10-3-1-2-8-9(10)7-21(15(8)25)11-4-5-12(22)19-14(11)24/h1-3,7,11,25H,4-6H2,(H,18,23)(H,19,22,24). The third kappa shape index (κ3) is 3.10. The van der Waals surface area contributed by atoms with Crippen molar-refractivity contribution in [3.8, 4) is 5.88 Å². The van der Waals surface area contributed by atoms with Gasteiger partial charge in [-0.15, -0.1) is 0 Å². The number of hydrogen-bond acceptors (Lipinski definition) is 5. The maximum Gasteiger partial charge on any atom is 0.249 e. The molecule has 2 heterocycles. The first-order valence-corrected chi connectivity index (χ1v) is 7.48. The molecule has 3 N–H and O–H groups in total. The van der Waals surface area contributed by atoms with Crippen molar-refractivity contribution in [1.29, 1.82) is 0 Å². The molecule has 1 unspecified atom stereocenters. The first-order valence-electron chi connectivity index (χ1n) is 7.48. The minimum Gasteiger partial charge on any atom is -0.494 e. The van der Waals surface area contributed by atoms with Crippen molar-refractivity contribution in [3.63, 3.8) is 0 Å². The van der Waals surface area contributed by atoms with E-state index in [1.807, 2.05) is 0 Å². The summed E-state index contributed by atoms with van der Waals surface area (Å²) in [4.78, 5) is 37.6. The SMILES string of the molecule is [N-]=[N+]=NCC(=O)Nc1cccc2c(O)n(C3CCC(=O)NC3=O)cc12. The van der Waals surface area contributed by atoms with Crippen LogP contribution in [0, 0.1) is 0 Å². The molecule has 0 bridgehead atoms. The molecule has 1 aromatic carbocycles. The summed E-state index contributed by atoms with van der Waals surface area (Å²) >= 11 is 0. The van der Waals surface area contributed by atoms with Crippen molar-refractivity contribution in [3.05, 3.63) is 34.8 Å². The van der Waals surface area contributed by atoms with Gasteiger partial charge in [0.15, 0.2) is 5.88 Å². The van der Waals surface area contributed by atoms with Crippen LogP contribution in [-0.2, 0) is 14.4 Å². The molecule has 1 aromatic heterocycles. The van der Waals surface area contributed by atoms with Crippen LogP contribution in [0.4, 0.5) is 5.69 Å². The third-order valence-electron chi connectivity index (χ3n) is 3.96. The summed E-state index contributed by atoms with van der Waals surface area (Å²) in [7, 11) is 0. The van der Waals surface area contributed by atoms with E-state index in [9.17, 15) is 19.5 Å². The van der Waals surface area contributed by atoms with E-state index in [0.717, 1.165) is 0 Å². The number of fused-ring (bicyclic) bond motifs is 1. The van der Waals surface area contributed by atoms with E-state index in [2.05, 4.69) is 20.7 Å². The molecule has 1 aliphatic rings. The molecule has 1 saturated heterocycles. The van der Waals surface area contributed by atoms with Crippen molar-refractivity contribution >= 4 is 34.2 Å². The Hall–Kier alpha value is -3.52. The molecule has 3 rings (SSSR count). The fourth-order valence-corrected chi connectivity index (χ4v) is 2.82. The summed E-state index contributed by atoms with van der Waals surface area (Å²) in [5.74, 6) is -1.46. The average Bonchev–Trinajstić information content (AvgIpc) is 2.91. The van der Waals surface area contributed by atoms with Crippen molar-refractivity contribution < 1.29 is 19.5 Å². The smallest absolute Gasteiger partial charge is 0.249 e. The number of aromatic nitrogens is 1. The van der Waals surface area contributed by atoms with E-state index >= 15 is 0 Å². The van der Waals surface area contributed by atoms with E-state index in [0.29, 0.717) is 16.5 Å². The number of aromatic hydroxyl groups is 1. The Kier molecular flexibility index (Phi) is 4.27. The van der Waals surface area contributed by atoms with Gasteiger partial charge in [0.25, 0.3) is 0 Å². The van der Waals surface area contributed by atoms with Gasteiger partial charge in [-0.3, -0.25) is 19.7 Å². The molecule has 1 aliphatic heterocycles. The van der Waals surface area contributed by atoms with E-state index in [4.69, 9.17) is 5.53 Å². The van der Waals surface area contributed by atoms with Crippen LogP contribution in [0.15, 0.2) is 29.5 Å². The molecule has 128 valence electrons. The summed E-state index contributed by atoms with van der Waals surface area (Å²) in [5, 5.41) is 19.5. The highest BCUT2D eigenvalue weighted by Gasteiger charge is 2.30. The van der Waals surface area contributed by atoms with E-state index in [1.54, 1.807) is 24.4 Å². The number of carbonyl (C=O) groups is 3. The molecular weight excluding hydrogens is 328 g/mol. The lowest BCUT2D eigenvalue weighted by Gasteiger charge is -2.22. The largest absolute Gasteiger partial charge is 0.494 e. The average molecular weight is 342 g/mol. The number of imide groups is 1. The lowest BCUT2D eigenvalue weighted by molar-refractivity contribution is -0.135. The van der Waals surface area contributed by atoms with Gasteiger partial charge >= 0.3 is 0 Å². The predicted molar refractivity (Wildman–Crippen MR) is 87.7 cm³/mol. The molecule has 10 heteroatoms. The Balaban J connectivity index is 1.97. The van der Waals surface area contributed by atoms with Gasteiger partial charge in [0, 0.05) is 28.3 Å². The van der Waals surface area contributed by atoms with Gasteiger partial charge in [-0.05, 0) is 24.1 Å². The topological polar surface area (TPSA) is 149 Å². The van der Waals surface area contributed by atoms with Gasteiger partial charge < -0.3 is 15.0 Å². The number of piperidine rings is 1. The maximum absolute atomic E-state index is 12.0. The molecule has 3 amide bonds. The lowest BCUT2D eigenvalue weighted by Crippen LogP contribution is -2.41. The Morgan fingerprint density at radius 1 is 1.44 bits per heavy atom. The number of nitrogens with zero attached hydrogens (tertiary/aromatic N) is 4. The fourth-order valence-electron chi connectivity index (χ4n) is 2.82. The predicted octanol–water partition coefficient (Wildman–Crippen LogP) is 1.57. The Bertz CT molecular complexity index is 927. The highest BCUT2D eigenvalue weighted by Crippen LogP contribution is 2.36. The highest BCUT2D eigenvalue weighted by molar-refractivity contribution is 6.05. The molecule has 1 atom stereocenters. The maximum atomic E-state index is 12.0. The zero-order valence-corrected chi connectivity index (χ0v) is 13.0. The summed E-state index contributed by atoms with van der Waals surface area (Å²) < 4.78 is 1.38. The molecule has 10 nitrogen and oxygen atoms in total. The van der Waals surface area contributed by atoms with Gasteiger partial charge in [0.1, 0.15) is 12.6 Å². The van der Waals surface area contributed by atoms with Gasteiger partial charge in [-0.2, -0.15) is 0 Å².